The summed E-state index contributed by atoms with van der Waals surface area (Å²) in [4.78, 5) is 16.5. The number of hydrogen-bond donors (Lipinski definition) is 3. The highest BCUT2D eigenvalue weighted by molar-refractivity contribution is 5.93. The molecular weight excluding hydrogens is 253 g/mol. The number of rotatable bonds is 6. The first kappa shape index (κ1) is 15.3. The van der Waals surface area contributed by atoms with Crippen molar-refractivity contribution >= 4 is 11.8 Å². The zero-order valence-electron chi connectivity index (χ0n) is 11.1. The van der Waals surface area contributed by atoms with Gasteiger partial charge in [-0.05, 0) is 27.1 Å². The second-order valence-corrected chi connectivity index (χ2v) is 4.94. The summed E-state index contributed by atoms with van der Waals surface area (Å²) in [6, 6.07) is 0.887. The SMILES string of the molecule is CN(C)CC(C)(O)CNc1ncc(F)cc1C(=O)O. The van der Waals surface area contributed by atoms with Gasteiger partial charge in [-0.25, -0.2) is 14.2 Å². The van der Waals surface area contributed by atoms with Gasteiger partial charge in [-0.1, -0.05) is 0 Å². The Morgan fingerprint density at radius 3 is 2.74 bits per heavy atom. The Bertz CT molecular complexity index is 464. The number of nitrogens with one attached hydrogen (secondary N) is 1. The van der Waals surface area contributed by atoms with E-state index in [0.717, 1.165) is 12.3 Å². The summed E-state index contributed by atoms with van der Waals surface area (Å²) in [5.74, 6) is -1.96. The standard InChI is InChI=1S/C12H18FN3O3/c1-12(19,7-16(2)3)6-15-10-9(11(17)18)4-8(13)5-14-10/h4-5,19H,6-7H2,1-3H3,(H,14,15)(H,17,18). The maximum atomic E-state index is 12.9. The third-order valence-electron chi connectivity index (χ3n) is 2.38. The van der Waals surface area contributed by atoms with Crippen molar-refractivity contribution < 1.29 is 19.4 Å². The molecule has 7 heteroatoms. The van der Waals surface area contributed by atoms with E-state index in [1.165, 1.54) is 0 Å². The fourth-order valence-corrected chi connectivity index (χ4v) is 1.75. The van der Waals surface area contributed by atoms with Crippen molar-refractivity contribution in [2.24, 2.45) is 0 Å². The fourth-order valence-electron chi connectivity index (χ4n) is 1.75. The molecule has 106 valence electrons. The number of aromatic carboxylic acids is 1. The molecule has 1 unspecified atom stereocenters. The molecule has 1 rings (SSSR count). The summed E-state index contributed by atoms with van der Waals surface area (Å²) >= 11 is 0. The topological polar surface area (TPSA) is 85.7 Å². The molecule has 0 aliphatic heterocycles. The number of carboxylic acids is 1. The Kier molecular flexibility index (Phi) is 4.79. The van der Waals surface area contributed by atoms with Gasteiger partial charge in [0.15, 0.2) is 0 Å². The zero-order chi connectivity index (χ0) is 14.6. The van der Waals surface area contributed by atoms with Crippen LogP contribution in [-0.2, 0) is 0 Å². The number of carbonyl (C=O) groups is 1. The number of hydrogen-bond acceptors (Lipinski definition) is 5. The van der Waals surface area contributed by atoms with Crippen LogP contribution in [0.25, 0.3) is 0 Å². The lowest BCUT2D eigenvalue weighted by molar-refractivity contribution is 0.0457. The van der Waals surface area contributed by atoms with Gasteiger partial charge in [0.05, 0.1) is 11.8 Å². The lowest BCUT2D eigenvalue weighted by Crippen LogP contribution is -2.43. The summed E-state index contributed by atoms with van der Waals surface area (Å²) in [6.07, 6.45) is 0.926. The molecule has 0 saturated carbocycles. The van der Waals surface area contributed by atoms with E-state index in [2.05, 4.69) is 10.3 Å². The van der Waals surface area contributed by atoms with Crippen LogP contribution in [0.4, 0.5) is 10.2 Å². The van der Waals surface area contributed by atoms with Crippen LogP contribution in [0.3, 0.4) is 0 Å². The molecule has 1 aromatic rings. The molecule has 19 heavy (non-hydrogen) atoms. The zero-order valence-corrected chi connectivity index (χ0v) is 11.1. The number of halogens is 1. The molecular formula is C12H18FN3O3. The number of nitrogens with zero attached hydrogens (tertiary/aromatic N) is 2. The maximum Gasteiger partial charge on any atom is 0.339 e. The van der Waals surface area contributed by atoms with Crippen LogP contribution >= 0.6 is 0 Å². The Morgan fingerprint density at radius 1 is 1.58 bits per heavy atom. The molecule has 3 N–H and O–H groups in total. The largest absolute Gasteiger partial charge is 0.478 e. The van der Waals surface area contributed by atoms with Gasteiger partial charge in [0.2, 0.25) is 0 Å². The van der Waals surface area contributed by atoms with E-state index in [9.17, 15) is 14.3 Å². The highest BCUT2D eigenvalue weighted by Crippen LogP contribution is 2.15. The minimum Gasteiger partial charge on any atom is -0.478 e. The molecule has 0 spiro atoms. The normalized spacial score (nSPS) is 14.2. The fraction of sp³-hybridized carbons (Fsp3) is 0.500. The third-order valence-corrected chi connectivity index (χ3v) is 2.38. The van der Waals surface area contributed by atoms with Crippen LogP contribution in [0, 0.1) is 5.82 Å². The highest BCUT2D eigenvalue weighted by atomic mass is 19.1. The van der Waals surface area contributed by atoms with E-state index in [1.54, 1.807) is 11.8 Å². The van der Waals surface area contributed by atoms with Crippen molar-refractivity contribution in [1.29, 1.82) is 0 Å². The molecule has 1 aromatic heterocycles. The smallest absolute Gasteiger partial charge is 0.339 e. The van der Waals surface area contributed by atoms with Crippen LogP contribution in [0.5, 0.6) is 0 Å². The van der Waals surface area contributed by atoms with Crippen molar-refractivity contribution in [3.63, 3.8) is 0 Å². The van der Waals surface area contributed by atoms with Crippen molar-refractivity contribution in [2.75, 3.05) is 32.5 Å². The molecule has 0 bridgehead atoms. The van der Waals surface area contributed by atoms with E-state index in [0.29, 0.717) is 6.54 Å². The number of aliphatic hydroxyl groups is 1. The van der Waals surface area contributed by atoms with Gasteiger partial charge in [-0.3, -0.25) is 0 Å². The summed E-state index contributed by atoms with van der Waals surface area (Å²) < 4.78 is 12.9. The third kappa shape index (κ3) is 4.80. The number of carboxylic acid groups (broad SMARTS) is 1. The first-order chi connectivity index (χ1) is 8.71. The van der Waals surface area contributed by atoms with Crippen molar-refractivity contribution in [3.05, 3.63) is 23.6 Å². The molecule has 1 atom stereocenters. The van der Waals surface area contributed by atoms with Crippen LogP contribution in [0.15, 0.2) is 12.3 Å². The number of likely N-dealkylation sites (N-methyl/N-ethyl adjacent to an activating group) is 1. The van der Waals surface area contributed by atoms with E-state index in [1.807, 2.05) is 14.1 Å². The van der Waals surface area contributed by atoms with Crippen molar-refractivity contribution in [2.45, 2.75) is 12.5 Å². The highest BCUT2D eigenvalue weighted by Gasteiger charge is 2.22. The second kappa shape index (κ2) is 5.94. The molecule has 0 saturated heterocycles. The van der Waals surface area contributed by atoms with Gasteiger partial charge in [-0.2, -0.15) is 0 Å². The minimum absolute atomic E-state index is 0.0351. The summed E-state index contributed by atoms with van der Waals surface area (Å²) in [5.41, 5.74) is -1.32. The van der Waals surface area contributed by atoms with E-state index >= 15 is 0 Å². The summed E-state index contributed by atoms with van der Waals surface area (Å²) in [6.45, 7) is 2.11. The minimum atomic E-state index is -1.28. The van der Waals surface area contributed by atoms with E-state index in [4.69, 9.17) is 5.11 Å². The first-order valence-electron chi connectivity index (χ1n) is 5.71. The first-order valence-corrected chi connectivity index (χ1v) is 5.71. The van der Waals surface area contributed by atoms with Crippen molar-refractivity contribution in [1.82, 2.24) is 9.88 Å². The molecule has 1 heterocycles. The Balaban J connectivity index is 2.80. The second-order valence-electron chi connectivity index (χ2n) is 4.94. The van der Waals surface area contributed by atoms with Crippen molar-refractivity contribution in [3.8, 4) is 0 Å². The average molecular weight is 271 g/mol. The van der Waals surface area contributed by atoms with Crippen LogP contribution in [0.2, 0.25) is 0 Å². The Morgan fingerprint density at radius 2 is 2.21 bits per heavy atom. The molecule has 6 nitrogen and oxygen atoms in total. The van der Waals surface area contributed by atoms with Crippen LogP contribution in [0.1, 0.15) is 17.3 Å². The summed E-state index contributed by atoms with van der Waals surface area (Å²) in [5, 5.41) is 21.8. The maximum absolute atomic E-state index is 12.9. The number of aromatic nitrogens is 1. The van der Waals surface area contributed by atoms with Gasteiger partial charge < -0.3 is 20.4 Å². The lowest BCUT2D eigenvalue weighted by Gasteiger charge is -2.27. The van der Waals surface area contributed by atoms with Crippen LogP contribution < -0.4 is 5.32 Å². The molecule has 0 aliphatic carbocycles. The number of anilines is 1. The molecule has 0 aromatic carbocycles. The van der Waals surface area contributed by atoms with E-state index in [-0.39, 0.29) is 17.9 Å². The molecule has 0 aliphatic rings. The van der Waals surface area contributed by atoms with Gasteiger partial charge in [-0.15, -0.1) is 0 Å². The van der Waals surface area contributed by atoms with Gasteiger partial charge >= 0.3 is 5.97 Å². The quantitative estimate of drug-likeness (QED) is 0.704. The number of pyridine rings is 1. The average Bonchev–Trinajstić information content (AvgIpc) is 2.25. The molecule has 0 amide bonds. The predicted molar refractivity (Wildman–Crippen MR) is 68.8 cm³/mol. The van der Waals surface area contributed by atoms with E-state index < -0.39 is 17.4 Å². The Hall–Kier alpha value is -1.73. The molecule has 0 radical (unpaired) electrons. The monoisotopic (exact) mass is 271 g/mol. The lowest BCUT2D eigenvalue weighted by atomic mass is 10.1. The summed E-state index contributed by atoms with van der Waals surface area (Å²) in [7, 11) is 3.63. The van der Waals surface area contributed by atoms with Gasteiger partial charge in [0, 0.05) is 13.1 Å². The molecule has 0 fully saturated rings. The van der Waals surface area contributed by atoms with Gasteiger partial charge in [0.1, 0.15) is 17.2 Å². The van der Waals surface area contributed by atoms with Crippen LogP contribution in [-0.4, -0.2) is 58.9 Å². The van der Waals surface area contributed by atoms with Gasteiger partial charge in [0.25, 0.3) is 0 Å². The Labute approximate surface area is 110 Å². The predicted octanol–water partition coefficient (Wildman–Crippen LogP) is 0.643.